The van der Waals surface area contributed by atoms with Gasteiger partial charge in [0.15, 0.2) is 0 Å². The van der Waals surface area contributed by atoms with E-state index in [1.165, 1.54) is 4.90 Å². The van der Waals surface area contributed by atoms with Crippen LogP contribution in [0.4, 0.5) is 4.79 Å². The van der Waals surface area contributed by atoms with E-state index in [9.17, 15) is 4.79 Å². The number of morpholine rings is 1. The fraction of sp³-hybridized carbons (Fsp3) is 0.750. The van der Waals surface area contributed by atoms with Crippen LogP contribution in [0.1, 0.15) is 13.8 Å². The second kappa shape index (κ2) is 6.20. The molecule has 82 valence electrons. The Morgan fingerprint density at radius 2 is 1.79 bits per heavy atom. The average molecular weight is 205 g/mol. The third-order valence-corrected chi connectivity index (χ3v) is 1.69. The van der Waals surface area contributed by atoms with E-state index in [0.717, 1.165) is 0 Å². The van der Waals surface area contributed by atoms with Gasteiger partial charge in [0.05, 0.1) is 25.3 Å². The zero-order chi connectivity index (χ0) is 11.1. The van der Waals surface area contributed by atoms with Crippen molar-refractivity contribution < 1.29 is 24.5 Å². The number of hydrogen-bond acceptors (Lipinski definition) is 3. The van der Waals surface area contributed by atoms with Crippen molar-refractivity contribution in [1.82, 2.24) is 4.90 Å². The Morgan fingerprint density at radius 3 is 2.07 bits per heavy atom. The number of amides is 1. The quantitative estimate of drug-likeness (QED) is 0.561. The molecule has 6 heteroatoms. The monoisotopic (exact) mass is 205 g/mol. The Labute approximate surface area is 82.1 Å². The standard InChI is InChI=1S/C7H13NO3.CH2O2/c1-5-3-8(7(9)10)4-6(2)11-5;2-1-3/h5-6H,3-4H2,1-2H3,(H,9,10);1H,(H,2,3)/t5-,6+;. The average Bonchev–Trinajstić information content (AvgIpc) is 2.03. The largest absolute Gasteiger partial charge is 0.483 e. The predicted octanol–water partition coefficient (Wildman–Crippen LogP) is 0.474. The maximum Gasteiger partial charge on any atom is 0.407 e. The van der Waals surface area contributed by atoms with Crippen molar-refractivity contribution in [2.45, 2.75) is 26.1 Å². The van der Waals surface area contributed by atoms with Gasteiger partial charge in [-0.25, -0.2) is 4.79 Å². The van der Waals surface area contributed by atoms with Crippen molar-refractivity contribution in [2.24, 2.45) is 0 Å². The highest BCUT2D eigenvalue weighted by Gasteiger charge is 2.24. The Balaban J connectivity index is 0.000000500. The first-order valence-electron chi connectivity index (χ1n) is 4.22. The van der Waals surface area contributed by atoms with Gasteiger partial charge >= 0.3 is 6.09 Å². The minimum atomic E-state index is -0.855. The molecule has 0 bridgehead atoms. The Bertz CT molecular complexity index is 186. The van der Waals surface area contributed by atoms with E-state index in [-0.39, 0.29) is 18.7 Å². The number of ether oxygens (including phenoxy) is 1. The summed E-state index contributed by atoms with van der Waals surface area (Å²) >= 11 is 0. The number of hydrogen-bond donors (Lipinski definition) is 2. The molecule has 1 amide bonds. The van der Waals surface area contributed by atoms with E-state index in [1.807, 2.05) is 13.8 Å². The fourth-order valence-corrected chi connectivity index (χ4v) is 1.33. The smallest absolute Gasteiger partial charge is 0.407 e. The van der Waals surface area contributed by atoms with E-state index in [0.29, 0.717) is 13.1 Å². The van der Waals surface area contributed by atoms with Gasteiger partial charge in [-0.3, -0.25) is 4.79 Å². The maximum absolute atomic E-state index is 10.5. The molecule has 0 spiro atoms. The second-order valence-electron chi connectivity index (χ2n) is 3.05. The van der Waals surface area contributed by atoms with Gasteiger partial charge in [-0.15, -0.1) is 0 Å². The van der Waals surface area contributed by atoms with Crippen LogP contribution in [0, 0.1) is 0 Å². The molecular formula is C8H15NO5. The van der Waals surface area contributed by atoms with Crippen molar-refractivity contribution in [1.29, 1.82) is 0 Å². The molecule has 6 nitrogen and oxygen atoms in total. The molecule has 14 heavy (non-hydrogen) atoms. The first-order valence-corrected chi connectivity index (χ1v) is 4.22. The molecule has 1 heterocycles. The van der Waals surface area contributed by atoms with Crippen LogP contribution in [0.5, 0.6) is 0 Å². The highest BCUT2D eigenvalue weighted by Crippen LogP contribution is 2.09. The van der Waals surface area contributed by atoms with Crippen molar-refractivity contribution in [3.63, 3.8) is 0 Å². The molecule has 2 atom stereocenters. The van der Waals surface area contributed by atoms with Crippen LogP contribution in [0.2, 0.25) is 0 Å². The van der Waals surface area contributed by atoms with Gasteiger partial charge in [0.2, 0.25) is 0 Å². The summed E-state index contributed by atoms with van der Waals surface area (Å²) in [6.07, 6.45) is -0.809. The lowest BCUT2D eigenvalue weighted by Crippen LogP contribution is -2.47. The maximum atomic E-state index is 10.5. The molecule has 0 aliphatic carbocycles. The highest BCUT2D eigenvalue weighted by atomic mass is 16.5. The molecule has 0 saturated carbocycles. The van der Waals surface area contributed by atoms with E-state index in [1.54, 1.807) is 0 Å². The zero-order valence-corrected chi connectivity index (χ0v) is 8.21. The summed E-state index contributed by atoms with van der Waals surface area (Å²) in [5.41, 5.74) is 0. The van der Waals surface area contributed by atoms with Crippen LogP contribution in [0.25, 0.3) is 0 Å². The predicted molar refractivity (Wildman–Crippen MR) is 48.3 cm³/mol. The Hall–Kier alpha value is -1.30. The summed E-state index contributed by atoms with van der Waals surface area (Å²) in [5, 5.41) is 15.5. The van der Waals surface area contributed by atoms with Crippen LogP contribution in [0.3, 0.4) is 0 Å². The van der Waals surface area contributed by atoms with Crippen LogP contribution >= 0.6 is 0 Å². The minimum absolute atomic E-state index is 0.0230. The molecule has 0 aromatic heterocycles. The third-order valence-electron chi connectivity index (χ3n) is 1.69. The van der Waals surface area contributed by atoms with Crippen LogP contribution in [-0.4, -0.2) is 53.0 Å². The SMILES string of the molecule is C[C@@H]1CN(C(=O)O)C[C@H](C)O1.O=CO. The normalized spacial score (nSPS) is 26.0. The van der Waals surface area contributed by atoms with Gasteiger partial charge in [-0.1, -0.05) is 0 Å². The molecule has 0 radical (unpaired) electrons. The number of carboxylic acid groups (broad SMARTS) is 2. The molecule has 0 unspecified atom stereocenters. The second-order valence-corrected chi connectivity index (χ2v) is 3.05. The third kappa shape index (κ3) is 4.66. The lowest BCUT2D eigenvalue weighted by atomic mass is 10.2. The molecule has 1 saturated heterocycles. The van der Waals surface area contributed by atoms with E-state index in [4.69, 9.17) is 19.7 Å². The summed E-state index contributed by atoms with van der Waals surface area (Å²) in [5.74, 6) is 0. The Kier molecular flexibility index (Phi) is 5.62. The summed E-state index contributed by atoms with van der Waals surface area (Å²) in [6.45, 7) is 4.48. The van der Waals surface area contributed by atoms with Gasteiger partial charge in [0, 0.05) is 0 Å². The topological polar surface area (TPSA) is 87.1 Å². The van der Waals surface area contributed by atoms with Gasteiger partial charge in [-0.05, 0) is 13.8 Å². The van der Waals surface area contributed by atoms with Crippen molar-refractivity contribution >= 4 is 12.6 Å². The van der Waals surface area contributed by atoms with Gasteiger partial charge in [-0.2, -0.15) is 0 Å². The van der Waals surface area contributed by atoms with Crippen LogP contribution in [0.15, 0.2) is 0 Å². The Morgan fingerprint density at radius 1 is 1.43 bits per heavy atom. The molecule has 2 N–H and O–H groups in total. The molecular weight excluding hydrogens is 190 g/mol. The van der Waals surface area contributed by atoms with Crippen molar-refractivity contribution in [2.75, 3.05) is 13.1 Å². The lowest BCUT2D eigenvalue weighted by Gasteiger charge is -2.33. The molecule has 1 aliphatic heterocycles. The summed E-state index contributed by atoms with van der Waals surface area (Å²) in [4.78, 5) is 20.3. The molecule has 0 aromatic rings. The van der Waals surface area contributed by atoms with Crippen molar-refractivity contribution in [3.05, 3.63) is 0 Å². The fourth-order valence-electron chi connectivity index (χ4n) is 1.33. The molecule has 0 aromatic carbocycles. The summed E-state index contributed by atoms with van der Waals surface area (Å²) in [7, 11) is 0. The van der Waals surface area contributed by atoms with Crippen molar-refractivity contribution in [3.8, 4) is 0 Å². The molecule has 1 aliphatic rings. The van der Waals surface area contributed by atoms with E-state index in [2.05, 4.69) is 0 Å². The van der Waals surface area contributed by atoms with Gasteiger partial charge in [0.1, 0.15) is 0 Å². The minimum Gasteiger partial charge on any atom is -0.483 e. The number of rotatable bonds is 0. The summed E-state index contributed by atoms with van der Waals surface area (Å²) in [6, 6.07) is 0. The highest BCUT2D eigenvalue weighted by molar-refractivity contribution is 5.65. The van der Waals surface area contributed by atoms with Gasteiger partial charge < -0.3 is 19.8 Å². The first-order chi connectivity index (χ1) is 6.51. The number of nitrogens with zero attached hydrogens (tertiary/aromatic N) is 1. The number of carbonyl (C=O) groups is 2. The summed E-state index contributed by atoms with van der Waals surface area (Å²) < 4.78 is 5.36. The van der Waals surface area contributed by atoms with Crippen LogP contribution < -0.4 is 0 Å². The molecule has 1 fully saturated rings. The van der Waals surface area contributed by atoms with E-state index < -0.39 is 6.09 Å². The first kappa shape index (κ1) is 12.7. The van der Waals surface area contributed by atoms with Crippen LogP contribution in [-0.2, 0) is 9.53 Å². The zero-order valence-electron chi connectivity index (χ0n) is 8.21. The van der Waals surface area contributed by atoms with Gasteiger partial charge in [0.25, 0.3) is 6.47 Å². The van der Waals surface area contributed by atoms with E-state index >= 15 is 0 Å². The lowest BCUT2D eigenvalue weighted by molar-refractivity contribution is -0.122. The molecule has 1 rings (SSSR count).